The monoisotopic (exact) mass is 283 g/mol. The van der Waals surface area contributed by atoms with Gasteiger partial charge in [0, 0.05) is 36.4 Å². The van der Waals surface area contributed by atoms with E-state index in [4.69, 9.17) is 4.98 Å². The lowest BCUT2D eigenvalue weighted by atomic mass is 9.98. The Bertz CT molecular complexity index is 608. The molecule has 1 N–H and O–H groups in total. The summed E-state index contributed by atoms with van der Waals surface area (Å²) in [5, 5.41) is 6.10. The fourth-order valence-corrected chi connectivity index (χ4v) is 3.10. The van der Waals surface area contributed by atoms with E-state index in [0.29, 0.717) is 6.04 Å². The van der Waals surface area contributed by atoms with E-state index < -0.39 is 0 Å². The minimum atomic E-state index is 0.421. The van der Waals surface area contributed by atoms with Crippen molar-refractivity contribution in [2.75, 3.05) is 23.3 Å². The first-order valence-corrected chi connectivity index (χ1v) is 8.04. The summed E-state index contributed by atoms with van der Waals surface area (Å²) >= 11 is 0. The van der Waals surface area contributed by atoms with Gasteiger partial charge >= 0.3 is 0 Å². The Morgan fingerprint density at radius 2 is 1.95 bits per heavy atom. The van der Waals surface area contributed by atoms with Crippen LogP contribution in [0.25, 0.3) is 10.8 Å². The minimum absolute atomic E-state index is 0.421. The Labute approximate surface area is 127 Å². The summed E-state index contributed by atoms with van der Waals surface area (Å²) in [6.45, 7) is 8.93. The van der Waals surface area contributed by atoms with Gasteiger partial charge in [0.1, 0.15) is 5.82 Å². The lowest BCUT2D eigenvalue weighted by molar-refractivity contribution is 0.437. The summed E-state index contributed by atoms with van der Waals surface area (Å²) in [5.74, 6) is 1.98. The molecule has 1 aliphatic rings. The van der Waals surface area contributed by atoms with Gasteiger partial charge in [0.15, 0.2) is 0 Å². The fourth-order valence-electron chi connectivity index (χ4n) is 3.10. The number of hydrogen-bond donors (Lipinski definition) is 1. The van der Waals surface area contributed by atoms with E-state index >= 15 is 0 Å². The van der Waals surface area contributed by atoms with E-state index in [0.717, 1.165) is 24.8 Å². The number of benzene rings is 1. The van der Waals surface area contributed by atoms with Crippen LogP contribution in [0.3, 0.4) is 0 Å². The first kappa shape index (κ1) is 14.2. The number of piperidine rings is 1. The molecule has 0 aliphatic carbocycles. The van der Waals surface area contributed by atoms with Crippen molar-refractivity contribution in [2.45, 2.75) is 39.7 Å². The van der Waals surface area contributed by atoms with Crippen LogP contribution in [0.2, 0.25) is 0 Å². The van der Waals surface area contributed by atoms with Crippen LogP contribution < -0.4 is 10.2 Å². The van der Waals surface area contributed by atoms with E-state index in [2.05, 4.69) is 55.3 Å². The second-order valence-corrected chi connectivity index (χ2v) is 6.51. The van der Waals surface area contributed by atoms with Crippen molar-refractivity contribution in [2.24, 2.45) is 5.92 Å². The summed E-state index contributed by atoms with van der Waals surface area (Å²) in [6.07, 6.45) is 4.46. The quantitative estimate of drug-likeness (QED) is 0.910. The highest BCUT2D eigenvalue weighted by atomic mass is 15.2. The van der Waals surface area contributed by atoms with Crippen molar-refractivity contribution in [3.63, 3.8) is 0 Å². The van der Waals surface area contributed by atoms with Gasteiger partial charge in [-0.3, -0.25) is 0 Å². The smallest absolute Gasteiger partial charge is 0.138 e. The molecule has 1 aliphatic heterocycles. The molecule has 3 heteroatoms. The van der Waals surface area contributed by atoms with Gasteiger partial charge in [-0.1, -0.05) is 19.1 Å². The molecule has 0 amide bonds. The third-order valence-corrected chi connectivity index (χ3v) is 4.30. The Balaban J connectivity index is 2.05. The van der Waals surface area contributed by atoms with Crippen LogP contribution in [0.5, 0.6) is 0 Å². The molecule has 0 saturated carbocycles. The maximum absolute atomic E-state index is 4.71. The van der Waals surface area contributed by atoms with Gasteiger partial charge in [-0.15, -0.1) is 0 Å². The molecule has 0 spiro atoms. The number of anilines is 2. The number of fused-ring (bicyclic) bond motifs is 1. The van der Waals surface area contributed by atoms with Crippen LogP contribution in [-0.4, -0.2) is 24.1 Å². The van der Waals surface area contributed by atoms with E-state index in [1.165, 1.54) is 29.3 Å². The van der Waals surface area contributed by atoms with E-state index in [1.54, 1.807) is 0 Å². The van der Waals surface area contributed by atoms with Gasteiger partial charge in [-0.05, 0) is 50.1 Å². The minimum Gasteiger partial charge on any atom is -0.382 e. The third kappa shape index (κ3) is 2.97. The summed E-state index contributed by atoms with van der Waals surface area (Å²) in [6, 6.07) is 9.00. The first-order chi connectivity index (χ1) is 10.1. The Morgan fingerprint density at radius 1 is 1.19 bits per heavy atom. The number of aromatic nitrogens is 1. The molecule has 1 saturated heterocycles. The number of rotatable bonds is 3. The Kier molecular flexibility index (Phi) is 4.00. The molecule has 21 heavy (non-hydrogen) atoms. The zero-order valence-electron chi connectivity index (χ0n) is 13.3. The van der Waals surface area contributed by atoms with Gasteiger partial charge in [0.2, 0.25) is 0 Å². The van der Waals surface area contributed by atoms with Crippen molar-refractivity contribution in [3.05, 3.63) is 30.5 Å². The standard InChI is InChI=1S/C18H25N3/c1-13(2)20-16-6-4-5-15-7-10-19-18(17(15)16)21-11-8-14(3)9-12-21/h4-7,10,13-14,20H,8-9,11-12H2,1-3H3. The molecule has 0 atom stereocenters. The average molecular weight is 283 g/mol. The average Bonchev–Trinajstić information content (AvgIpc) is 2.47. The number of nitrogens with zero attached hydrogens (tertiary/aromatic N) is 2. The second-order valence-electron chi connectivity index (χ2n) is 6.51. The lowest BCUT2D eigenvalue weighted by Crippen LogP contribution is -2.33. The predicted molar refractivity (Wildman–Crippen MR) is 91.1 cm³/mol. The first-order valence-electron chi connectivity index (χ1n) is 8.04. The molecule has 1 fully saturated rings. The molecule has 2 aromatic rings. The number of nitrogens with one attached hydrogen (secondary N) is 1. The van der Waals surface area contributed by atoms with Gasteiger partial charge in [-0.25, -0.2) is 4.98 Å². The van der Waals surface area contributed by atoms with Crippen LogP contribution in [0.1, 0.15) is 33.6 Å². The van der Waals surface area contributed by atoms with Crippen LogP contribution in [0.4, 0.5) is 11.5 Å². The molecule has 112 valence electrons. The molecule has 3 nitrogen and oxygen atoms in total. The van der Waals surface area contributed by atoms with Crippen molar-refractivity contribution in [1.29, 1.82) is 0 Å². The maximum Gasteiger partial charge on any atom is 0.138 e. The molecule has 1 aromatic carbocycles. The van der Waals surface area contributed by atoms with Crippen molar-refractivity contribution in [1.82, 2.24) is 4.98 Å². The molecule has 0 radical (unpaired) electrons. The summed E-state index contributed by atoms with van der Waals surface area (Å²) < 4.78 is 0. The summed E-state index contributed by atoms with van der Waals surface area (Å²) in [4.78, 5) is 7.16. The lowest BCUT2D eigenvalue weighted by Gasteiger charge is -2.32. The summed E-state index contributed by atoms with van der Waals surface area (Å²) in [7, 11) is 0. The molecule has 0 bridgehead atoms. The molecular formula is C18H25N3. The van der Waals surface area contributed by atoms with Gasteiger partial charge in [-0.2, -0.15) is 0 Å². The van der Waals surface area contributed by atoms with Gasteiger partial charge in [0.25, 0.3) is 0 Å². The highest BCUT2D eigenvalue weighted by Crippen LogP contribution is 2.33. The maximum atomic E-state index is 4.71. The van der Waals surface area contributed by atoms with Crippen molar-refractivity contribution in [3.8, 4) is 0 Å². The molecule has 2 heterocycles. The largest absolute Gasteiger partial charge is 0.382 e. The van der Waals surface area contributed by atoms with E-state index in [-0.39, 0.29) is 0 Å². The molecule has 3 rings (SSSR count). The van der Waals surface area contributed by atoms with Gasteiger partial charge in [0.05, 0.1) is 0 Å². The summed E-state index contributed by atoms with van der Waals surface area (Å²) in [5.41, 5.74) is 1.20. The predicted octanol–water partition coefficient (Wildman–Crippen LogP) is 4.29. The van der Waals surface area contributed by atoms with Crippen LogP contribution >= 0.6 is 0 Å². The number of hydrogen-bond acceptors (Lipinski definition) is 3. The van der Waals surface area contributed by atoms with Crippen LogP contribution in [0.15, 0.2) is 30.5 Å². The highest BCUT2D eigenvalue weighted by Gasteiger charge is 2.20. The SMILES string of the molecule is CC1CCN(c2nccc3cccc(NC(C)C)c23)CC1. The van der Waals surface area contributed by atoms with Crippen LogP contribution in [-0.2, 0) is 0 Å². The van der Waals surface area contributed by atoms with Gasteiger partial charge < -0.3 is 10.2 Å². The van der Waals surface area contributed by atoms with Crippen molar-refractivity contribution < 1.29 is 0 Å². The zero-order valence-corrected chi connectivity index (χ0v) is 13.3. The van der Waals surface area contributed by atoms with Crippen LogP contribution in [0, 0.1) is 5.92 Å². The third-order valence-electron chi connectivity index (χ3n) is 4.30. The molecule has 1 aromatic heterocycles. The fraction of sp³-hybridized carbons (Fsp3) is 0.500. The number of pyridine rings is 1. The second kappa shape index (κ2) is 5.92. The normalized spacial score (nSPS) is 16.7. The van der Waals surface area contributed by atoms with E-state index in [1.807, 2.05) is 6.20 Å². The van der Waals surface area contributed by atoms with Crippen molar-refractivity contribution >= 4 is 22.3 Å². The Hall–Kier alpha value is -1.77. The Morgan fingerprint density at radius 3 is 2.67 bits per heavy atom. The topological polar surface area (TPSA) is 28.2 Å². The highest BCUT2D eigenvalue weighted by molar-refractivity contribution is 6.01. The molecule has 0 unspecified atom stereocenters. The van der Waals surface area contributed by atoms with E-state index in [9.17, 15) is 0 Å². The zero-order chi connectivity index (χ0) is 14.8. The molecular weight excluding hydrogens is 258 g/mol.